The van der Waals surface area contributed by atoms with E-state index < -0.39 is 0 Å². The number of hydrogen-bond donors (Lipinski definition) is 1. The van der Waals surface area contributed by atoms with Crippen LogP contribution in [-0.2, 0) is 0 Å². The average Bonchev–Trinajstić information content (AvgIpc) is 3.05. The highest BCUT2D eigenvalue weighted by molar-refractivity contribution is 5.72. The number of nitrogens with zero attached hydrogens (tertiary/aromatic N) is 3. The molecule has 1 heterocycles. The lowest BCUT2D eigenvalue weighted by Gasteiger charge is -2.05. The van der Waals surface area contributed by atoms with Crippen LogP contribution in [0.25, 0.3) is 16.9 Å². The van der Waals surface area contributed by atoms with E-state index in [4.69, 9.17) is 0 Å². The van der Waals surface area contributed by atoms with Gasteiger partial charge < -0.3 is 0 Å². The summed E-state index contributed by atoms with van der Waals surface area (Å²) in [5.74, 6) is 0. The Labute approximate surface area is 169 Å². The number of aromatic amines is 1. The summed E-state index contributed by atoms with van der Waals surface area (Å²) in [6, 6.07) is 23.3. The summed E-state index contributed by atoms with van der Waals surface area (Å²) >= 11 is 0. The van der Waals surface area contributed by atoms with E-state index in [1.807, 2.05) is 74.5 Å². The van der Waals surface area contributed by atoms with Crippen LogP contribution in [0.2, 0.25) is 0 Å². The van der Waals surface area contributed by atoms with Crippen LogP contribution < -0.4 is 5.56 Å². The van der Waals surface area contributed by atoms with Crippen LogP contribution in [0.3, 0.4) is 0 Å². The van der Waals surface area contributed by atoms with Gasteiger partial charge in [0.1, 0.15) is 0 Å². The SMILES string of the molecule is Cc1cc(C)c(N=Nc2c(-c3ccccc3)[nH]n(-c3ccccc3)c2=O)c(C)c1. The van der Waals surface area contributed by atoms with Crippen LogP contribution in [0, 0.1) is 20.8 Å². The molecule has 3 aromatic carbocycles. The molecule has 4 aromatic rings. The van der Waals surface area contributed by atoms with E-state index in [0.29, 0.717) is 11.4 Å². The Morgan fingerprint density at radius 3 is 1.93 bits per heavy atom. The van der Waals surface area contributed by atoms with E-state index in [0.717, 1.165) is 28.1 Å². The Morgan fingerprint density at radius 1 is 0.759 bits per heavy atom. The maximum atomic E-state index is 13.2. The van der Waals surface area contributed by atoms with E-state index >= 15 is 0 Å². The topological polar surface area (TPSA) is 62.5 Å². The molecule has 5 heteroatoms. The normalized spacial score (nSPS) is 11.3. The van der Waals surface area contributed by atoms with E-state index in [1.165, 1.54) is 10.2 Å². The van der Waals surface area contributed by atoms with E-state index in [9.17, 15) is 4.79 Å². The number of aryl methyl sites for hydroxylation is 3. The fourth-order valence-electron chi connectivity index (χ4n) is 3.52. The molecule has 0 aliphatic carbocycles. The molecule has 0 bridgehead atoms. The van der Waals surface area contributed by atoms with Crippen molar-refractivity contribution in [2.24, 2.45) is 10.2 Å². The molecule has 5 nitrogen and oxygen atoms in total. The molecular formula is C24H22N4O. The second kappa shape index (κ2) is 7.72. The predicted octanol–water partition coefficient (Wildman–Crippen LogP) is 6.17. The van der Waals surface area contributed by atoms with Crippen LogP contribution in [-0.4, -0.2) is 9.78 Å². The number of para-hydroxylation sites is 1. The molecule has 0 aliphatic rings. The van der Waals surface area contributed by atoms with Crippen molar-refractivity contribution in [1.82, 2.24) is 9.78 Å². The van der Waals surface area contributed by atoms with Crippen molar-refractivity contribution in [3.63, 3.8) is 0 Å². The van der Waals surface area contributed by atoms with Gasteiger partial charge in [0.2, 0.25) is 0 Å². The van der Waals surface area contributed by atoms with Crippen molar-refractivity contribution in [3.05, 3.63) is 99.8 Å². The Kier molecular flexibility index (Phi) is 4.96. The Hall–Kier alpha value is -3.73. The van der Waals surface area contributed by atoms with Crippen LogP contribution in [0.5, 0.6) is 0 Å². The van der Waals surface area contributed by atoms with Gasteiger partial charge in [-0.15, -0.1) is 10.2 Å². The molecule has 0 unspecified atom stereocenters. The third-order valence-corrected chi connectivity index (χ3v) is 4.83. The summed E-state index contributed by atoms with van der Waals surface area (Å²) in [6.07, 6.45) is 0. The van der Waals surface area contributed by atoms with Gasteiger partial charge >= 0.3 is 0 Å². The molecular weight excluding hydrogens is 360 g/mol. The minimum absolute atomic E-state index is 0.235. The number of rotatable bonds is 4. The van der Waals surface area contributed by atoms with Gasteiger partial charge in [-0.3, -0.25) is 9.89 Å². The van der Waals surface area contributed by atoms with Crippen LogP contribution in [0.4, 0.5) is 11.4 Å². The van der Waals surface area contributed by atoms with Gasteiger partial charge in [-0.25, -0.2) is 4.68 Å². The minimum Gasteiger partial charge on any atom is -0.288 e. The zero-order valence-electron chi connectivity index (χ0n) is 16.7. The average molecular weight is 382 g/mol. The molecule has 0 saturated heterocycles. The zero-order valence-corrected chi connectivity index (χ0v) is 16.7. The third-order valence-electron chi connectivity index (χ3n) is 4.83. The first-order chi connectivity index (χ1) is 14.0. The monoisotopic (exact) mass is 382 g/mol. The van der Waals surface area contributed by atoms with Gasteiger partial charge in [0, 0.05) is 5.56 Å². The van der Waals surface area contributed by atoms with Crippen molar-refractivity contribution in [2.75, 3.05) is 0 Å². The van der Waals surface area contributed by atoms with Crippen LogP contribution in [0.15, 0.2) is 87.8 Å². The van der Waals surface area contributed by atoms with Crippen LogP contribution >= 0.6 is 0 Å². The lowest BCUT2D eigenvalue weighted by molar-refractivity contribution is 0.852. The maximum Gasteiger partial charge on any atom is 0.299 e. The predicted molar refractivity (Wildman–Crippen MR) is 117 cm³/mol. The fourth-order valence-corrected chi connectivity index (χ4v) is 3.52. The molecule has 1 N–H and O–H groups in total. The molecule has 4 rings (SSSR count). The van der Waals surface area contributed by atoms with Crippen molar-refractivity contribution in [1.29, 1.82) is 0 Å². The van der Waals surface area contributed by atoms with Gasteiger partial charge in [0.15, 0.2) is 5.69 Å². The molecule has 0 spiro atoms. The minimum atomic E-state index is -0.235. The van der Waals surface area contributed by atoms with Gasteiger partial charge in [0.05, 0.1) is 17.1 Å². The Morgan fingerprint density at radius 2 is 1.31 bits per heavy atom. The van der Waals surface area contributed by atoms with Crippen LogP contribution in [0.1, 0.15) is 16.7 Å². The number of aromatic nitrogens is 2. The molecule has 0 atom stereocenters. The summed E-state index contributed by atoms with van der Waals surface area (Å²) in [4.78, 5) is 13.2. The second-order valence-corrected chi connectivity index (χ2v) is 7.12. The summed E-state index contributed by atoms with van der Waals surface area (Å²) in [7, 11) is 0. The first kappa shape index (κ1) is 18.6. The molecule has 0 aliphatic heterocycles. The van der Waals surface area contributed by atoms with Crippen molar-refractivity contribution in [3.8, 4) is 16.9 Å². The Balaban J connectivity index is 1.88. The lowest BCUT2D eigenvalue weighted by atomic mass is 10.1. The highest BCUT2D eigenvalue weighted by Gasteiger charge is 2.17. The molecule has 0 amide bonds. The zero-order chi connectivity index (χ0) is 20.4. The molecule has 29 heavy (non-hydrogen) atoms. The first-order valence-corrected chi connectivity index (χ1v) is 9.50. The number of H-pyrrole nitrogens is 1. The molecule has 0 fully saturated rings. The lowest BCUT2D eigenvalue weighted by Crippen LogP contribution is -2.13. The second-order valence-electron chi connectivity index (χ2n) is 7.12. The maximum absolute atomic E-state index is 13.2. The van der Waals surface area contributed by atoms with Gasteiger partial charge in [0.25, 0.3) is 5.56 Å². The smallest absolute Gasteiger partial charge is 0.288 e. The molecule has 1 aromatic heterocycles. The van der Waals surface area contributed by atoms with Gasteiger partial charge in [-0.1, -0.05) is 66.2 Å². The largest absolute Gasteiger partial charge is 0.299 e. The van der Waals surface area contributed by atoms with E-state index in [-0.39, 0.29) is 5.56 Å². The fraction of sp³-hybridized carbons (Fsp3) is 0.125. The quantitative estimate of drug-likeness (QED) is 0.421. The Bertz CT molecular complexity index is 1210. The summed E-state index contributed by atoms with van der Waals surface area (Å²) in [6.45, 7) is 6.07. The molecule has 0 radical (unpaired) electrons. The third kappa shape index (κ3) is 3.67. The summed E-state index contributed by atoms with van der Waals surface area (Å²) < 4.78 is 1.51. The van der Waals surface area contributed by atoms with Crippen molar-refractivity contribution < 1.29 is 0 Å². The number of benzene rings is 3. The van der Waals surface area contributed by atoms with Gasteiger partial charge in [-0.05, 0) is 44.0 Å². The van der Waals surface area contributed by atoms with Crippen molar-refractivity contribution in [2.45, 2.75) is 20.8 Å². The van der Waals surface area contributed by atoms with E-state index in [2.05, 4.69) is 34.4 Å². The number of hydrogen-bond acceptors (Lipinski definition) is 3. The summed E-state index contributed by atoms with van der Waals surface area (Å²) in [5, 5.41) is 12.1. The van der Waals surface area contributed by atoms with E-state index in [1.54, 1.807) is 0 Å². The van der Waals surface area contributed by atoms with Crippen molar-refractivity contribution >= 4 is 11.4 Å². The molecule has 144 valence electrons. The highest BCUT2D eigenvalue weighted by Crippen LogP contribution is 2.30. The van der Waals surface area contributed by atoms with Gasteiger partial charge in [-0.2, -0.15) is 0 Å². The molecule has 0 saturated carbocycles. The first-order valence-electron chi connectivity index (χ1n) is 9.50. The highest BCUT2D eigenvalue weighted by atomic mass is 16.1. The standard InChI is InChI=1S/C24H22N4O/c1-16-14-17(2)21(18(3)15-16)25-26-23-22(19-10-6-4-7-11-19)27-28(24(23)29)20-12-8-5-9-13-20/h4-15,27H,1-3H3. The number of azo groups is 1. The summed E-state index contributed by atoms with van der Waals surface area (Å²) in [5.41, 5.74) is 6.37. The number of nitrogens with one attached hydrogen (secondary N) is 1.